The molecule has 0 radical (unpaired) electrons. The Morgan fingerprint density at radius 2 is 0.714 bits per heavy atom. The summed E-state index contributed by atoms with van der Waals surface area (Å²) < 4.78 is 37.5. The zero-order valence-corrected chi connectivity index (χ0v) is 10.1. The Morgan fingerprint density at radius 3 is 0.714 bits per heavy atom. The number of hydrogen-bond acceptors (Lipinski definition) is 2. The van der Waals surface area contributed by atoms with Crippen molar-refractivity contribution in [3.63, 3.8) is 0 Å². The molecule has 0 rings (SSSR count). The topological polar surface area (TPSA) is 123 Å². The molecule has 0 N–H and O–H groups in total. The molecule has 0 heterocycles. The van der Waals surface area contributed by atoms with Crippen LogP contribution in [0.5, 0.6) is 0 Å². The summed E-state index contributed by atoms with van der Waals surface area (Å²) in [6, 6.07) is 0. The van der Waals surface area contributed by atoms with Crippen LogP contribution in [-0.2, 0) is 57.0 Å². The molecule has 0 aliphatic rings. The summed E-state index contributed by atoms with van der Waals surface area (Å²) >= 11 is 3.70. The average molecular weight is 382 g/mol. The summed E-state index contributed by atoms with van der Waals surface area (Å²) in [5, 5.41) is 8.47. The third kappa shape index (κ3) is 1390. The molecule has 0 fully saturated rings. The van der Waals surface area contributed by atoms with Gasteiger partial charge in [0.15, 0.2) is 0 Å². The van der Waals surface area contributed by atoms with Gasteiger partial charge in [0.1, 0.15) is 0 Å². The second kappa shape index (κ2) is 154000. The normalized spacial score (nSPS) is 1.21. The standard InChI is InChI=1S/CHNS.5CO.W/c2-1-3;5*1-2;/h3H;;;;;;/p-1. The Labute approximate surface area is 101 Å². The van der Waals surface area contributed by atoms with Gasteiger partial charge >= 0.3 is 56.5 Å². The molecule has 0 atom stereocenters. The van der Waals surface area contributed by atoms with Crippen LogP contribution in [0.1, 0.15) is 0 Å². The van der Waals surface area contributed by atoms with Gasteiger partial charge in [-0.2, -0.15) is 0 Å². The molecule has 14 heavy (non-hydrogen) atoms. The minimum atomic E-state index is 0. The van der Waals surface area contributed by atoms with Gasteiger partial charge < -0.3 is 12.6 Å². The fraction of sp³-hybridized carbons (Fsp3) is 0. The SMILES string of the molecule is N#C[S-].[C-]#[O+].[C-]#[O+].[C-]#[O+].[C-]#[O+].[C-]#[O+].[W]. The van der Waals surface area contributed by atoms with Gasteiger partial charge in [-0.3, -0.25) is 0 Å². The van der Waals surface area contributed by atoms with E-state index in [1.54, 1.807) is 0 Å². The van der Waals surface area contributed by atoms with Gasteiger partial charge in [0.05, 0.1) is 0 Å². The molecule has 0 aromatic carbocycles. The average Bonchev–Trinajstić information content (AvgIpc) is 2.32. The Bertz CT molecular complexity index is 143. The fourth-order valence-corrected chi connectivity index (χ4v) is 0. The van der Waals surface area contributed by atoms with Crippen LogP contribution in [0.15, 0.2) is 0 Å². The van der Waals surface area contributed by atoms with E-state index in [-0.39, 0.29) is 21.1 Å². The number of nitrogens with zero attached hydrogens (tertiary/aromatic N) is 1. The molecule has 0 amide bonds. The fourth-order valence-electron chi connectivity index (χ4n) is 0. The van der Waals surface area contributed by atoms with E-state index in [4.69, 9.17) is 28.5 Å². The minimum Gasteiger partial charge on any atom is 0 e. The molecule has 8 heteroatoms. The first-order valence-electron chi connectivity index (χ1n) is 1.45. The van der Waals surface area contributed by atoms with Gasteiger partial charge in [0, 0.05) is 21.1 Å². The largest absolute Gasteiger partial charge is 0 e. The molecular weight excluding hydrogens is 382 g/mol. The van der Waals surface area contributed by atoms with Crippen molar-refractivity contribution < 1.29 is 44.3 Å². The van der Waals surface area contributed by atoms with E-state index < -0.39 is 0 Å². The number of hydrogen-bond donors (Lipinski definition) is 0. The van der Waals surface area contributed by atoms with E-state index in [1.165, 1.54) is 5.40 Å². The summed E-state index contributed by atoms with van der Waals surface area (Å²) in [5.74, 6) is 0. The van der Waals surface area contributed by atoms with E-state index >= 15 is 0 Å². The molecule has 72 valence electrons. The molecule has 6 nitrogen and oxygen atoms in total. The van der Waals surface area contributed by atoms with E-state index in [2.05, 4.69) is 45.9 Å². The number of rotatable bonds is 0. The predicted octanol–water partition coefficient (Wildman–Crippen LogP) is -0.176. The van der Waals surface area contributed by atoms with Gasteiger partial charge in [-0.05, 0) is 0 Å². The van der Waals surface area contributed by atoms with Crippen LogP contribution in [0.2, 0.25) is 0 Å². The van der Waals surface area contributed by atoms with Crippen molar-refractivity contribution in [2.24, 2.45) is 0 Å². The molecule has 0 aliphatic heterocycles. The van der Waals surface area contributed by atoms with Crippen molar-refractivity contribution in [2.75, 3.05) is 0 Å². The van der Waals surface area contributed by atoms with Crippen molar-refractivity contribution >= 4 is 12.6 Å². The monoisotopic (exact) mass is 382 g/mol. The first kappa shape index (κ1) is 51.6. The predicted molar refractivity (Wildman–Crippen MR) is 32.6 cm³/mol. The van der Waals surface area contributed by atoms with E-state index in [1.807, 2.05) is 0 Å². The Balaban J connectivity index is -0.00000000838. The molecule has 0 aromatic heterocycles. The van der Waals surface area contributed by atoms with Crippen LogP contribution >= 0.6 is 0 Å². The van der Waals surface area contributed by atoms with Crippen LogP contribution in [0.25, 0.3) is 0 Å². The maximum absolute atomic E-state index is 7.50. The van der Waals surface area contributed by atoms with Crippen LogP contribution in [0.4, 0.5) is 0 Å². The number of thiocyanates is 1. The molecule has 0 aromatic rings. The maximum atomic E-state index is 7.50. The van der Waals surface area contributed by atoms with E-state index in [0.29, 0.717) is 0 Å². The van der Waals surface area contributed by atoms with Crippen molar-refractivity contribution in [1.82, 2.24) is 0 Å². The second-order valence-corrected chi connectivity index (χ2v) is 0.274. The minimum absolute atomic E-state index is 0. The van der Waals surface area contributed by atoms with E-state index in [0.717, 1.165) is 0 Å². The summed E-state index contributed by atoms with van der Waals surface area (Å²) in [6.45, 7) is 22.5. The van der Waals surface area contributed by atoms with E-state index in [9.17, 15) is 0 Å². The van der Waals surface area contributed by atoms with Gasteiger partial charge in [0.2, 0.25) is 0 Å². The first-order valence-corrected chi connectivity index (χ1v) is 1.86. The first-order chi connectivity index (χ1) is 6.41. The van der Waals surface area contributed by atoms with Gasteiger partial charge in [-0.15, -0.1) is 0 Å². The van der Waals surface area contributed by atoms with Crippen LogP contribution < -0.4 is 0 Å². The zero-order chi connectivity index (χ0) is 12.7. The summed E-state index contributed by atoms with van der Waals surface area (Å²) in [4.78, 5) is 0. The third-order valence-electron chi connectivity index (χ3n) is 0. The summed E-state index contributed by atoms with van der Waals surface area (Å²) in [7, 11) is 0. The molecule has 0 bridgehead atoms. The van der Waals surface area contributed by atoms with Crippen molar-refractivity contribution in [1.29, 1.82) is 5.26 Å². The number of nitriles is 1. The Morgan fingerprint density at radius 1 is 0.714 bits per heavy atom. The summed E-state index contributed by atoms with van der Waals surface area (Å²) in [5.41, 5.74) is 0. The Kier molecular flexibility index (Phi) is 568000. The van der Waals surface area contributed by atoms with Crippen molar-refractivity contribution in [3.8, 4) is 5.40 Å². The quantitative estimate of drug-likeness (QED) is 0.250. The molecular formula is C6NO5SW-. The van der Waals surface area contributed by atoms with Gasteiger partial charge in [-0.1, -0.05) is 5.40 Å². The molecule has 0 saturated carbocycles. The van der Waals surface area contributed by atoms with Gasteiger partial charge in [0.25, 0.3) is 0 Å². The maximum Gasteiger partial charge on any atom is 0 e. The molecule has 0 unspecified atom stereocenters. The smallest absolute Gasteiger partial charge is 0 e. The molecule has 0 saturated heterocycles. The van der Waals surface area contributed by atoms with Crippen molar-refractivity contribution in [3.05, 3.63) is 33.3 Å². The molecule has 0 spiro atoms. The zero-order valence-electron chi connectivity index (χ0n) is 6.30. The van der Waals surface area contributed by atoms with Crippen molar-refractivity contribution in [2.45, 2.75) is 0 Å². The van der Waals surface area contributed by atoms with Crippen LogP contribution in [0, 0.1) is 43.9 Å². The van der Waals surface area contributed by atoms with Crippen LogP contribution in [-0.4, -0.2) is 0 Å². The summed E-state index contributed by atoms with van der Waals surface area (Å²) in [6.07, 6.45) is 0. The third-order valence-corrected chi connectivity index (χ3v) is 0. The molecule has 0 aliphatic carbocycles. The van der Waals surface area contributed by atoms with Crippen LogP contribution in [0.3, 0.4) is 0 Å². The van der Waals surface area contributed by atoms with Gasteiger partial charge in [-0.25, -0.2) is 5.26 Å². The Hall–Kier alpha value is -0.902. The second-order valence-electron chi connectivity index (χ2n) is 0.0913.